The minimum absolute atomic E-state index is 0.0476. The van der Waals surface area contributed by atoms with E-state index in [1.54, 1.807) is 6.20 Å². The van der Waals surface area contributed by atoms with Crippen molar-refractivity contribution >= 4 is 23.2 Å². The minimum Gasteiger partial charge on any atom is -0.370 e. The fourth-order valence-electron chi connectivity index (χ4n) is 2.89. The predicted molar refractivity (Wildman–Crippen MR) is 98.7 cm³/mol. The Hall–Kier alpha value is -2.97. The summed E-state index contributed by atoms with van der Waals surface area (Å²) < 4.78 is 27.9. The van der Waals surface area contributed by atoms with E-state index in [1.165, 1.54) is 6.07 Å². The highest BCUT2D eigenvalue weighted by Gasteiger charge is 2.30. The molecular formula is C18H22F2N6O. The molecule has 0 saturated carbocycles. The molecule has 3 heterocycles. The van der Waals surface area contributed by atoms with Gasteiger partial charge < -0.3 is 21.4 Å². The van der Waals surface area contributed by atoms with Crippen LogP contribution in [0.2, 0.25) is 0 Å². The average Bonchev–Trinajstić information content (AvgIpc) is 2.98. The van der Waals surface area contributed by atoms with E-state index in [9.17, 15) is 13.6 Å². The van der Waals surface area contributed by atoms with Crippen LogP contribution in [0.1, 0.15) is 38.9 Å². The highest BCUT2D eigenvalue weighted by molar-refractivity contribution is 5.82. The number of aromatic amines is 1. The number of rotatable bonds is 5. The maximum atomic E-state index is 14.3. The van der Waals surface area contributed by atoms with Crippen molar-refractivity contribution in [3.8, 4) is 0 Å². The van der Waals surface area contributed by atoms with Gasteiger partial charge in [0.15, 0.2) is 5.83 Å². The van der Waals surface area contributed by atoms with Crippen LogP contribution in [-0.4, -0.2) is 28.1 Å². The van der Waals surface area contributed by atoms with Gasteiger partial charge in [-0.1, -0.05) is 20.8 Å². The van der Waals surface area contributed by atoms with Crippen LogP contribution in [0.4, 0.5) is 8.78 Å². The number of amides is 1. The van der Waals surface area contributed by atoms with Crippen LogP contribution in [-0.2, 0) is 4.79 Å². The van der Waals surface area contributed by atoms with Crippen LogP contribution >= 0.6 is 0 Å². The predicted octanol–water partition coefficient (Wildman–Crippen LogP) is 2.39. The summed E-state index contributed by atoms with van der Waals surface area (Å²) in [5.74, 6) is -1.44. The summed E-state index contributed by atoms with van der Waals surface area (Å²) >= 11 is 0. The summed E-state index contributed by atoms with van der Waals surface area (Å²) in [6, 6.07) is 0.954. The van der Waals surface area contributed by atoms with Gasteiger partial charge in [0.25, 0.3) is 0 Å². The number of nitrogens with zero attached hydrogens (tertiary/aromatic N) is 2. The summed E-state index contributed by atoms with van der Waals surface area (Å²) in [6.07, 6.45) is 3.27. The summed E-state index contributed by atoms with van der Waals surface area (Å²) in [6.45, 7) is 5.78. The summed E-state index contributed by atoms with van der Waals surface area (Å²) in [7, 11) is 0. The van der Waals surface area contributed by atoms with Crippen LogP contribution in [0.25, 0.3) is 11.0 Å². The monoisotopic (exact) mass is 376 g/mol. The number of primary amides is 1. The molecule has 0 fully saturated rings. The molecule has 9 heteroatoms. The molecule has 1 aliphatic heterocycles. The quantitative estimate of drug-likeness (QED) is 0.642. The molecule has 1 aliphatic rings. The molecule has 0 radical (unpaired) electrons. The molecule has 2 aromatic rings. The van der Waals surface area contributed by atoms with Gasteiger partial charge in [-0.15, -0.1) is 0 Å². The first kappa shape index (κ1) is 18.8. The zero-order valence-electron chi connectivity index (χ0n) is 15.3. The van der Waals surface area contributed by atoms with Crippen molar-refractivity contribution in [2.24, 2.45) is 16.1 Å². The van der Waals surface area contributed by atoms with E-state index in [0.717, 1.165) is 12.4 Å². The highest BCUT2D eigenvalue weighted by atomic mass is 19.1. The zero-order valence-corrected chi connectivity index (χ0v) is 15.3. The number of hydrogen-bond acceptors (Lipinski definition) is 5. The second-order valence-corrected chi connectivity index (χ2v) is 7.58. The van der Waals surface area contributed by atoms with Crippen LogP contribution in [0.5, 0.6) is 0 Å². The molecule has 7 nitrogen and oxygen atoms in total. The molecule has 0 saturated heterocycles. The molecule has 0 bridgehead atoms. The number of nitrogens with one attached hydrogen (secondary N) is 3. The molecule has 3 rings (SSSR count). The summed E-state index contributed by atoms with van der Waals surface area (Å²) in [5, 5.41) is 6.55. The van der Waals surface area contributed by atoms with Crippen molar-refractivity contribution in [3.05, 3.63) is 41.5 Å². The molecule has 0 spiro atoms. The van der Waals surface area contributed by atoms with Crippen molar-refractivity contribution in [1.82, 2.24) is 20.6 Å². The van der Waals surface area contributed by atoms with Gasteiger partial charge in [-0.05, 0) is 11.5 Å². The molecule has 5 N–H and O–H groups in total. The lowest BCUT2D eigenvalue weighted by Crippen LogP contribution is -2.46. The number of aliphatic imine (C=N–C) groups is 1. The second kappa shape index (κ2) is 6.98. The Morgan fingerprint density at radius 2 is 2.15 bits per heavy atom. The molecule has 2 atom stereocenters. The van der Waals surface area contributed by atoms with Crippen molar-refractivity contribution in [2.45, 2.75) is 39.4 Å². The topological polar surface area (TPSA) is 108 Å². The Labute approximate surface area is 155 Å². The third-order valence-corrected chi connectivity index (χ3v) is 4.45. The van der Waals surface area contributed by atoms with Gasteiger partial charge in [0.05, 0.1) is 12.4 Å². The number of hydrogen-bond donors (Lipinski definition) is 4. The normalized spacial score (nSPS) is 18.5. The molecule has 2 aromatic heterocycles. The Morgan fingerprint density at radius 3 is 2.81 bits per heavy atom. The Morgan fingerprint density at radius 1 is 1.41 bits per heavy atom. The third kappa shape index (κ3) is 4.07. The lowest BCUT2D eigenvalue weighted by molar-refractivity contribution is -0.119. The van der Waals surface area contributed by atoms with Crippen LogP contribution in [0.15, 0.2) is 35.1 Å². The number of aromatic nitrogens is 2. The maximum Gasteiger partial charge on any atom is 0.219 e. The van der Waals surface area contributed by atoms with Gasteiger partial charge in [0.1, 0.15) is 23.5 Å². The Bertz CT molecular complexity index is 928. The number of carbonyl (C=O) groups is 1. The zero-order chi connectivity index (χ0) is 19.8. The number of halogens is 2. The highest BCUT2D eigenvalue weighted by Crippen LogP contribution is 2.29. The van der Waals surface area contributed by atoms with Crippen molar-refractivity contribution in [2.75, 3.05) is 0 Å². The average molecular weight is 376 g/mol. The number of allylic oxidation sites excluding steroid dienone is 1. The molecule has 2 unspecified atom stereocenters. The van der Waals surface area contributed by atoms with E-state index in [2.05, 4.69) is 25.6 Å². The molecule has 27 heavy (non-hydrogen) atoms. The smallest absolute Gasteiger partial charge is 0.219 e. The molecule has 0 aromatic carbocycles. The second-order valence-electron chi connectivity index (χ2n) is 7.58. The summed E-state index contributed by atoms with van der Waals surface area (Å²) in [4.78, 5) is 22.5. The Kier molecular flexibility index (Phi) is 4.86. The fraction of sp³-hybridized carbons (Fsp3) is 0.389. The fourth-order valence-corrected chi connectivity index (χ4v) is 2.89. The summed E-state index contributed by atoms with van der Waals surface area (Å²) in [5.41, 5.74) is 6.12. The van der Waals surface area contributed by atoms with Crippen LogP contribution in [0, 0.1) is 11.2 Å². The lowest BCUT2D eigenvalue weighted by Gasteiger charge is -2.34. The van der Waals surface area contributed by atoms with Crippen molar-refractivity contribution < 1.29 is 13.6 Å². The standard InChI is InChI=1S/C18H22F2N6O/c1-18(2,3)13(5-14(21)27)25-17-12(20)8-24-16(26-17)11-7-23-15-10(11)4-9(19)6-22-15/h4,6-8,13,16,25-26H,5H2,1-3H3,(H2,21,27)(H,22,23). The van der Waals surface area contributed by atoms with E-state index in [-0.39, 0.29) is 17.7 Å². The number of pyridine rings is 1. The van der Waals surface area contributed by atoms with Crippen LogP contribution in [0.3, 0.4) is 0 Å². The first-order chi connectivity index (χ1) is 12.6. The van der Waals surface area contributed by atoms with E-state index >= 15 is 0 Å². The third-order valence-electron chi connectivity index (χ3n) is 4.45. The van der Waals surface area contributed by atoms with Gasteiger partial charge >= 0.3 is 0 Å². The van der Waals surface area contributed by atoms with Gasteiger partial charge in [-0.25, -0.2) is 13.8 Å². The Balaban J connectivity index is 1.86. The molecule has 144 valence electrons. The van der Waals surface area contributed by atoms with E-state index in [4.69, 9.17) is 5.73 Å². The molecule has 0 aliphatic carbocycles. The van der Waals surface area contributed by atoms with E-state index in [1.807, 2.05) is 20.8 Å². The minimum atomic E-state index is -0.640. The van der Waals surface area contributed by atoms with Crippen LogP contribution < -0.4 is 16.4 Å². The van der Waals surface area contributed by atoms with Gasteiger partial charge in [0, 0.05) is 29.6 Å². The van der Waals surface area contributed by atoms with E-state index < -0.39 is 29.8 Å². The molecular weight excluding hydrogens is 354 g/mol. The maximum absolute atomic E-state index is 14.3. The number of fused-ring (bicyclic) bond motifs is 1. The van der Waals surface area contributed by atoms with Crippen molar-refractivity contribution in [1.29, 1.82) is 0 Å². The van der Waals surface area contributed by atoms with Gasteiger partial charge in [0.2, 0.25) is 5.91 Å². The number of carbonyl (C=O) groups excluding carboxylic acids is 1. The first-order valence-electron chi connectivity index (χ1n) is 8.52. The number of H-pyrrole nitrogens is 1. The largest absolute Gasteiger partial charge is 0.370 e. The molecule has 1 amide bonds. The van der Waals surface area contributed by atoms with Gasteiger partial charge in [-0.2, -0.15) is 0 Å². The SMILES string of the molecule is CC(C)(C)C(CC(N)=O)NC1=C(F)C=NC(c2c[nH]c3ncc(F)cc23)N1. The number of nitrogens with two attached hydrogens (primary N) is 1. The van der Waals surface area contributed by atoms with Gasteiger partial charge in [-0.3, -0.25) is 9.79 Å². The van der Waals surface area contributed by atoms with Crippen molar-refractivity contribution in [3.63, 3.8) is 0 Å². The lowest BCUT2D eigenvalue weighted by atomic mass is 9.84. The first-order valence-corrected chi connectivity index (χ1v) is 8.52. The van der Waals surface area contributed by atoms with E-state index in [0.29, 0.717) is 16.6 Å².